The maximum atomic E-state index is 10.6. The van der Waals surface area contributed by atoms with Gasteiger partial charge in [0.05, 0.1) is 13.2 Å². The molecule has 0 aromatic carbocycles. The fourth-order valence-electron chi connectivity index (χ4n) is 0.526. The van der Waals surface area contributed by atoms with Crippen LogP contribution in [0.25, 0.3) is 0 Å². The van der Waals surface area contributed by atoms with Gasteiger partial charge in [-0.1, -0.05) is 20.8 Å². The zero-order valence-corrected chi connectivity index (χ0v) is 6.64. The van der Waals surface area contributed by atoms with E-state index in [1.54, 1.807) is 7.05 Å². The Labute approximate surface area is 69.1 Å². The van der Waals surface area contributed by atoms with Gasteiger partial charge in [-0.3, -0.25) is 4.79 Å². The molecule has 11 heavy (non-hydrogen) atoms. The van der Waals surface area contributed by atoms with E-state index in [1.165, 1.54) is 0 Å². The van der Waals surface area contributed by atoms with Crippen molar-refractivity contribution in [1.82, 2.24) is 5.32 Å². The first-order valence-corrected chi connectivity index (χ1v) is 3.61. The van der Waals surface area contributed by atoms with Gasteiger partial charge in [-0.05, 0) is 13.5 Å². The van der Waals surface area contributed by atoms with Gasteiger partial charge < -0.3 is 10.1 Å². The Kier molecular flexibility index (Phi) is 11.2. The van der Waals surface area contributed by atoms with E-state index in [4.69, 9.17) is 4.74 Å². The van der Waals surface area contributed by atoms with Crippen molar-refractivity contribution >= 4 is 5.97 Å². The number of ether oxygens (including phenoxy) is 1. The second-order valence-electron chi connectivity index (χ2n) is 2.10. The highest BCUT2D eigenvalue weighted by Gasteiger charge is 1.97. The first-order chi connectivity index (χ1) is 4.81. The van der Waals surface area contributed by atoms with Crippen LogP contribution in [0.5, 0.6) is 0 Å². The maximum Gasteiger partial charge on any atom is 0.319 e. The molecule has 1 N–H and O–H groups in total. The average Bonchev–Trinajstić information content (AvgIpc) is 1.89. The van der Waals surface area contributed by atoms with E-state index < -0.39 is 0 Å². The van der Waals surface area contributed by atoms with Crippen LogP contribution in [0.15, 0.2) is 0 Å². The van der Waals surface area contributed by atoms with Gasteiger partial charge in [0.25, 0.3) is 0 Å². The van der Waals surface area contributed by atoms with Crippen LogP contribution in [0.2, 0.25) is 0 Å². The van der Waals surface area contributed by atoms with Crippen molar-refractivity contribution in [2.45, 2.75) is 27.2 Å². The minimum Gasteiger partial charge on any atom is -0.465 e. The molecule has 0 aliphatic heterocycles. The van der Waals surface area contributed by atoms with Crippen LogP contribution >= 0.6 is 0 Å². The molecule has 0 aromatic heterocycles. The molecule has 0 amide bonds. The molecule has 0 rings (SSSR count). The van der Waals surface area contributed by atoms with Gasteiger partial charge in [-0.15, -0.1) is 0 Å². The van der Waals surface area contributed by atoms with Crippen LogP contribution < -0.4 is 5.32 Å². The summed E-state index contributed by atoms with van der Waals surface area (Å²) < 4.78 is 4.82. The van der Waals surface area contributed by atoms with Gasteiger partial charge in [-0.2, -0.15) is 0 Å². The summed E-state index contributed by atoms with van der Waals surface area (Å²) in [6.07, 6.45) is 2.02. The molecule has 0 fully saturated rings. The van der Waals surface area contributed by atoms with Crippen molar-refractivity contribution in [2.75, 3.05) is 20.2 Å². The standard InChI is InChI=1S/C7H15NO2.CH4/c1-3-4-5-10-7(9)6-8-2;/h8H,3-6H2,1-2H3;1H4. The zero-order chi connectivity index (χ0) is 7.82. The first kappa shape index (κ1) is 13.1. The van der Waals surface area contributed by atoms with E-state index in [0.717, 1.165) is 12.8 Å². The summed E-state index contributed by atoms with van der Waals surface area (Å²) in [6, 6.07) is 0. The lowest BCUT2D eigenvalue weighted by atomic mass is 10.4. The molecule has 0 radical (unpaired) electrons. The topological polar surface area (TPSA) is 38.3 Å². The Morgan fingerprint density at radius 3 is 2.64 bits per heavy atom. The lowest BCUT2D eigenvalue weighted by Gasteiger charge is -2.01. The van der Waals surface area contributed by atoms with Crippen LogP contribution in [-0.2, 0) is 9.53 Å². The largest absolute Gasteiger partial charge is 0.465 e. The molecule has 0 aliphatic rings. The van der Waals surface area contributed by atoms with Gasteiger partial charge in [0.1, 0.15) is 0 Å². The summed E-state index contributed by atoms with van der Waals surface area (Å²) in [7, 11) is 1.72. The molecule has 0 spiro atoms. The van der Waals surface area contributed by atoms with Crippen molar-refractivity contribution in [1.29, 1.82) is 0 Å². The monoisotopic (exact) mass is 161 g/mol. The molecule has 0 saturated carbocycles. The quantitative estimate of drug-likeness (QED) is 0.486. The van der Waals surface area contributed by atoms with Crippen LogP contribution in [0.4, 0.5) is 0 Å². The van der Waals surface area contributed by atoms with E-state index in [-0.39, 0.29) is 13.4 Å². The summed E-state index contributed by atoms with van der Waals surface area (Å²) in [5.41, 5.74) is 0. The van der Waals surface area contributed by atoms with Crippen LogP contribution in [-0.4, -0.2) is 26.2 Å². The van der Waals surface area contributed by atoms with Gasteiger partial charge in [-0.25, -0.2) is 0 Å². The number of carbonyl (C=O) groups excluding carboxylic acids is 1. The highest BCUT2D eigenvalue weighted by molar-refractivity contribution is 5.71. The third-order valence-electron chi connectivity index (χ3n) is 1.08. The molecular formula is C8H19NO2. The van der Waals surface area contributed by atoms with E-state index in [9.17, 15) is 4.79 Å². The van der Waals surface area contributed by atoms with Gasteiger partial charge >= 0.3 is 5.97 Å². The zero-order valence-electron chi connectivity index (χ0n) is 6.64. The number of hydrogen-bond acceptors (Lipinski definition) is 3. The summed E-state index contributed by atoms with van der Waals surface area (Å²) in [5, 5.41) is 2.72. The number of esters is 1. The smallest absolute Gasteiger partial charge is 0.319 e. The molecule has 0 aromatic rings. The fourth-order valence-corrected chi connectivity index (χ4v) is 0.526. The molecule has 0 bridgehead atoms. The van der Waals surface area contributed by atoms with E-state index in [1.807, 2.05) is 0 Å². The molecule has 0 heterocycles. The van der Waals surface area contributed by atoms with E-state index in [0.29, 0.717) is 13.2 Å². The second-order valence-corrected chi connectivity index (χ2v) is 2.10. The number of unbranched alkanes of at least 4 members (excludes halogenated alkanes) is 1. The lowest BCUT2D eigenvalue weighted by molar-refractivity contribution is -0.142. The number of rotatable bonds is 5. The van der Waals surface area contributed by atoms with Crippen molar-refractivity contribution in [2.24, 2.45) is 0 Å². The Balaban J connectivity index is 0. The minimum atomic E-state index is -0.170. The van der Waals surface area contributed by atoms with Crippen molar-refractivity contribution < 1.29 is 9.53 Å². The molecular weight excluding hydrogens is 142 g/mol. The number of carbonyl (C=O) groups is 1. The van der Waals surface area contributed by atoms with Crippen LogP contribution in [0.3, 0.4) is 0 Å². The maximum absolute atomic E-state index is 10.6. The predicted octanol–water partition coefficient (Wildman–Crippen LogP) is 1.19. The Hall–Kier alpha value is -0.570. The first-order valence-electron chi connectivity index (χ1n) is 3.61. The highest BCUT2D eigenvalue weighted by Crippen LogP contribution is 1.87. The summed E-state index contributed by atoms with van der Waals surface area (Å²) in [5.74, 6) is -0.170. The highest BCUT2D eigenvalue weighted by atomic mass is 16.5. The molecule has 68 valence electrons. The number of hydrogen-bond donors (Lipinski definition) is 1. The summed E-state index contributed by atoms with van der Waals surface area (Å²) in [4.78, 5) is 10.6. The van der Waals surface area contributed by atoms with Crippen molar-refractivity contribution in [3.63, 3.8) is 0 Å². The molecule has 0 saturated heterocycles. The van der Waals surface area contributed by atoms with E-state index >= 15 is 0 Å². The SMILES string of the molecule is C.CCCCOC(=O)CNC. The van der Waals surface area contributed by atoms with Crippen molar-refractivity contribution in [3.8, 4) is 0 Å². The molecule has 0 aliphatic carbocycles. The molecule has 3 heteroatoms. The van der Waals surface area contributed by atoms with Crippen molar-refractivity contribution in [3.05, 3.63) is 0 Å². The third kappa shape index (κ3) is 9.43. The summed E-state index contributed by atoms with van der Waals surface area (Å²) in [6.45, 7) is 2.92. The minimum absolute atomic E-state index is 0. The second kappa shape index (κ2) is 9.43. The molecule has 0 atom stereocenters. The molecule has 0 unspecified atom stereocenters. The average molecular weight is 161 g/mol. The summed E-state index contributed by atoms with van der Waals surface area (Å²) >= 11 is 0. The van der Waals surface area contributed by atoms with Gasteiger partial charge in [0, 0.05) is 0 Å². The van der Waals surface area contributed by atoms with Gasteiger partial charge in [0.2, 0.25) is 0 Å². The fraction of sp³-hybridized carbons (Fsp3) is 0.875. The van der Waals surface area contributed by atoms with Crippen LogP contribution in [0.1, 0.15) is 27.2 Å². The Morgan fingerprint density at radius 2 is 2.18 bits per heavy atom. The van der Waals surface area contributed by atoms with E-state index in [2.05, 4.69) is 12.2 Å². The molecule has 3 nitrogen and oxygen atoms in total. The normalized spacial score (nSPS) is 8.55. The number of likely N-dealkylation sites (N-methyl/N-ethyl adjacent to an activating group) is 1. The van der Waals surface area contributed by atoms with Gasteiger partial charge in [0.15, 0.2) is 0 Å². The predicted molar refractivity (Wildman–Crippen MR) is 46.5 cm³/mol. The lowest BCUT2D eigenvalue weighted by Crippen LogP contribution is -2.21. The Morgan fingerprint density at radius 1 is 1.55 bits per heavy atom. The number of nitrogens with one attached hydrogen (secondary N) is 1. The Bertz CT molecular complexity index is 94.1. The van der Waals surface area contributed by atoms with Crippen LogP contribution in [0, 0.1) is 0 Å². The third-order valence-corrected chi connectivity index (χ3v) is 1.08.